The maximum atomic E-state index is 13.8. The summed E-state index contributed by atoms with van der Waals surface area (Å²) >= 11 is 0. The van der Waals surface area contributed by atoms with Crippen LogP contribution < -0.4 is 9.47 Å². The number of aromatic amines is 1. The highest BCUT2D eigenvalue weighted by Crippen LogP contribution is 2.37. The molecule has 0 amide bonds. The zero-order valence-electron chi connectivity index (χ0n) is 13.9. The van der Waals surface area contributed by atoms with Gasteiger partial charge >= 0.3 is 5.97 Å². The number of nitrogens with one attached hydrogen (secondary N) is 1. The van der Waals surface area contributed by atoms with E-state index in [4.69, 9.17) is 9.47 Å². The third-order valence-corrected chi connectivity index (χ3v) is 3.95. The second-order valence-electron chi connectivity index (χ2n) is 5.53. The van der Waals surface area contributed by atoms with Crippen LogP contribution in [-0.4, -0.2) is 29.8 Å². The molecule has 0 aliphatic heterocycles. The van der Waals surface area contributed by atoms with Crippen LogP contribution in [0.5, 0.6) is 11.5 Å². The van der Waals surface area contributed by atoms with E-state index in [1.807, 2.05) is 13.0 Å². The molecule has 6 heteroatoms. The molecule has 0 spiro atoms. The Morgan fingerprint density at radius 2 is 2.04 bits per heavy atom. The Kier molecular flexibility index (Phi) is 4.61. The smallest absolute Gasteiger partial charge is 0.307 e. The molecule has 1 aromatic heterocycles. The SMILES string of the molecule is CCOc1ccc2[nH]c(-c3cc(F)ccc3OC)c(CC(=O)O)c2c1. The molecule has 0 aliphatic carbocycles. The van der Waals surface area contributed by atoms with Gasteiger partial charge < -0.3 is 19.6 Å². The Morgan fingerprint density at radius 3 is 2.72 bits per heavy atom. The molecule has 1 heterocycles. The van der Waals surface area contributed by atoms with Gasteiger partial charge in [-0.3, -0.25) is 4.79 Å². The first-order chi connectivity index (χ1) is 12.0. The van der Waals surface area contributed by atoms with Crippen molar-refractivity contribution < 1.29 is 23.8 Å². The predicted molar refractivity (Wildman–Crippen MR) is 92.8 cm³/mol. The number of hydrogen-bond acceptors (Lipinski definition) is 3. The minimum Gasteiger partial charge on any atom is -0.496 e. The molecule has 5 nitrogen and oxygen atoms in total. The minimum atomic E-state index is -0.973. The van der Waals surface area contributed by atoms with Crippen molar-refractivity contribution in [3.8, 4) is 22.8 Å². The zero-order valence-corrected chi connectivity index (χ0v) is 13.9. The van der Waals surface area contributed by atoms with E-state index in [1.54, 1.807) is 12.1 Å². The molecule has 0 bridgehead atoms. The Balaban J connectivity index is 2.27. The van der Waals surface area contributed by atoms with Gasteiger partial charge in [-0.15, -0.1) is 0 Å². The van der Waals surface area contributed by atoms with Crippen LogP contribution in [0.15, 0.2) is 36.4 Å². The molecule has 0 unspecified atom stereocenters. The van der Waals surface area contributed by atoms with E-state index in [2.05, 4.69) is 4.98 Å². The van der Waals surface area contributed by atoms with Gasteiger partial charge in [-0.1, -0.05) is 0 Å². The van der Waals surface area contributed by atoms with E-state index >= 15 is 0 Å². The highest BCUT2D eigenvalue weighted by Gasteiger charge is 2.19. The summed E-state index contributed by atoms with van der Waals surface area (Å²) in [5, 5.41) is 10.1. The van der Waals surface area contributed by atoms with Gasteiger partial charge in [-0.05, 0) is 48.9 Å². The van der Waals surface area contributed by atoms with Crippen LogP contribution in [0.2, 0.25) is 0 Å². The van der Waals surface area contributed by atoms with Crippen LogP contribution in [0.1, 0.15) is 12.5 Å². The van der Waals surface area contributed by atoms with Gasteiger partial charge in [-0.2, -0.15) is 0 Å². The number of carboxylic acids is 1. The van der Waals surface area contributed by atoms with Crippen LogP contribution in [0.4, 0.5) is 4.39 Å². The van der Waals surface area contributed by atoms with Gasteiger partial charge in [0.25, 0.3) is 0 Å². The van der Waals surface area contributed by atoms with Gasteiger partial charge in [-0.25, -0.2) is 4.39 Å². The van der Waals surface area contributed by atoms with Gasteiger partial charge in [0.15, 0.2) is 0 Å². The van der Waals surface area contributed by atoms with Crippen LogP contribution in [0, 0.1) is 5.82 Å². The number of ether oxygens (including phenoxy) is 2. The molecule has 0 atom stereocenters. The lowest BCUT2D eigenvalue weighted by Gasteiger charge is -2.09. The second-order valence-corrected chi connectivity index (χ2v) is 5.53. The van der Waals surface area contributed by atoms with E-state index in [-0.39, 0.29) is 6.42 Å². The Morgan fingerprint density at radius 1 is 1.24 bits per heavy atom. The summed E-state index contributed by atoms with van der Waals surface area (Å²) in [6.07, 6.45) is -0.204. The van der Waals surface area contributed by atoms with E-state index in [0.717, 1.165) is 10.9 Å². The number of fused-ring (bicyclic) bond motifs is 1. The van der Waals surface area contributed by atoms with E-state index in [9.17, 15) is 14.3 Å². The van der Waals surface area contributed by atoms with E-state index in [1.165, 1.54) is 25.3 Å². The fourth-order valence-corrected chi connectivity index (χ4v) is 2.92. The number of methoxy groups -OCH3 is 1. The molecular weight excluding hydrogens is 325 g/mol. The summed E-state index contributed by atoms with van der Waals surface area (Å²) in [7, 11) is 1.49. The van der Waals surface area contributed by atoms with Gasteiger partial charge in [0.1, 0.15) is 17.3 Å². The highest BCUT2D eigenvalue weighted by molar-refractivity contribution is 5.95. The topological polar surface area (TPSA) is 71.5 Å². The number of benzene rings is 2. The minimum absolute atomic E-state index is 0.204. The molecule has 25 heavy (non-hydrogen) atoms. The quantitative estimate of drug-likeness (QED) is 0.709. The Bertz CT molecular complexity index is 933. The lowest BCUT2D eigenvalue weighted by Crippen LogP contribution is -2.01. The standard InChI is InChI=1S/C19H18FNO4/c1-3-25-12-5-6-16-13(9-12)14(10-18(22)23)19(21-16)15-8-11(20)4-7-17(15)24-2/h4-9,21H,3,10H2,1-2H3,(H,22,23). The van der Waals surface area contributed by atoms with Crippen molar-refractivity contribution in [3.63, 3.8) is 0 Å². The van der Waals surface area contributed by atoms with Crippen molar-refractivity contribution in [2.24, 2.45) is 0 Å². The third-order valence-electron chi connectivity index (χ3n) is 3.95. The first-order valence-electron chi connectivity index (χ1n) is 7.86. The number of rotatable bonds is 6. The lowest BCUT2D eigenvalue weighted by atomic mass is 10.0. The summed E-state index contributed by atoms with van der Waals surface area (Å²) < 4.78 is 24.6. The summed E-state index contributed by atoms with van der Waals surface area (Å²) in [4.78, 5) is 14.6. The fourth-order valence-electron chi connectivity index (χ4n) is 2.92. The number of hydrogen-bond donors (Lipinski definition) is 2. The van der Waals surface area contributed by atoms with Crippen molar-refractivity contribution in [2.75, 3.05) is 13.7 Å². The molecule has 0 saturated carbocycles. The first-order valence-corrected chi connectivity index (χ1v) is 7.86. The average molecular weight is 343 g/mol. The number of aromatic nitrogens is 1. The van der Waals surface area contributed by atoms with Crippen molar-refractivity contribution in [2.45, 2.75) is 13.3 Å². The molecule has 0 saturated heterocycles. The van der Waals surface area contributed by atoms with Crippen molar-refractivity contribution in [1.82, 2.24) is 4.98 Å². The molecule has 130 valence electrons. The monoisotopic (exact) mass is 343 g/mol. The average Bonchev–Trinajstić information content (AvgIpc) is 2.92. The number of halogens is 1. The molecule has 0 radical (unpaired) electrons. The summed E-state index contributed by atoms with van der Waals surface area (Å²) in [5.74, 6) is -0.284. The molecule has 3 rings (SSSR count). The molecule has 2 aromatic carbocycles. The number of H-pyrrole nitrogens is 1. The fraction of sp³-hybridized carbons (Fsp3) is 0.211. The normalized spacial score (nSPS) is 10.8. The Hall–Kier alpha value is -3.02. The van der Waals surface area contributed by atoms with Gasteiger partial charge in [0.2, 0.25) is 0 Å². The summed E-state index contributed by atoms with van der Waals surface area (Å²) in [6, 6.07) is 9.57. The second kappa shape index (κ2) is 6.84. The van der Waals surface area contributed by atoms with Crippen molar-refractivity contribution in [1.29, 1.82) is 0 Å². The van der Waals surface area contributed by atoms with Crippen LogP contribution in [0.25, 0.3) is 22.2 Å². The molecule has 3 aromatic rings. The van der Waals surface area contributed by atoms with Crippen molar-refractivity contribution >= 4 is 16.9 Å². The van der Waals surface area contributed by atoms with Gasteiger partial charge in [0, 0.05) is 16.5 Å². The number of carbonyl (C=O) groups is 1. The summed E-state index contributed by atoms with van der Waals surface area (Å²) in [6.45, 7) is 2.39. The highest BCUT2D eigenvalue weighted by atomic mass is 19.1. The number of carboxylic acid groups (broad SMARTS) is 1. The maximum Gasteiger partial charge on any atom is 0.307 e. The maximum absolute atomic E-state index is 13.8. The third kappa shape index (κ3) is 3.28. The van der Waals surface area contributed by atoms with E-state index < -0.39 is 11.8 Å². The molecule has 0 aliphatic rings. The largest absolute Gasteiger partial charge is 0.496 e. The molecule has 0 fully saturated rings. The lowest BCUT2D eigenvalue weighted by molar-refractivity contribution is -0.136. The van der Waals surface area contributed by atoms with Gasteiger partial charge in [0.05, 0.1) is 25.8 Å². The van der Waals surface area contributed by atoms with Crippen LogP contribution >= 0.6 is 0 Å². The number of aliphatic carboxylic acids is 1. The van der Waals surface area contributed by atoms with Crippen LogP contribution in [0.3, 0.4) is 0 Å². The van der Waals surface area contributed by atoms with Crippen molar-refractivity contribution in [3.05, 3.63) is 47.8 Å². The Labute approximate surface area is 144 Å². The van der Waals surface area contributed by atoms with E-state index in [0.29, 0.717) is 34.9 Å². The van der Waals surface area contributed by atoms with Crippen LogP contribution in [-0.2, 0) is 11.2 Å². The first kappa shape index (κ1) is 16.8. The molecule has 2 N–H and O–H groups in total. The molecular formula is C19H18FNO4. The summed E-state index contributed by atoms with van der Waals surface area (Å²) in [5.41, 5.74) is 2.32. The zero-order chi connectivity index (χ0) is 18.0. The predicted octanol–water partition coefficient (Wildman–Crippen LogP) is 4.01.